The van der Waals surface area contributed by atoms with Gasteiger partial charge in [-0.15, -0.1) is 22.9 Å². The molecule has 0 atom stereocenters. The lowest BCUT2D eigenvalue weighted by molar-refractivity contribution is 0.180. The molecule has 2 nitrogen and oxygen atoms in total. The van der Waals surface area contributed by atoms with Crippen LogP contribution >= 0.6 is 22.9 Å². The number of alkyl halides is 1. The van der Waals surface area contributed by atoms with E-state index in [9.17, 15) is 0 Å². The summed E-state index contributed by atoms with van der Waals surface area (Å²) in [6.45, 7) is 6.13. The predicted molar refractivity (Wildman–Crippen MR) is 79.4 cm³/mol. The summed E-state index contributed by atoms with van der Waals surface area (Å²) in [5.41, 5.74) is 1.03. The van der Waals surface area contributed by atoms with E-state index in [0.29, 0.717) is 5.88 Å². The van der Waals surface area contributed by atoms with E-state index < -0.39 is 0 Å². The Morgan fingerprint density at radius 3 is 2.83 bits per heavy atom. The average molecular weight is 287 g/mol. The van der Waals surface area contributed by atoms with E-state index >= 15 is 0 Å². The van der Waals surface area contributed by atoms with Crippen molar-refractivity contribution in [2.45, 2.75) is 44.9 Å². The van der Waals surface area contributed by atoms with Gasteiger partial charge in [-0.05, 0) is 44.8 Å². The van der Waals surface area contributed by atoms with E-state index in [1.165, 1.54) is 50.3 Å². The normalized spacial score (nSPS) is 18.3. The van der Waals surface area contributed by atoms with Crippen molar-refractivity contribution < 1.29 is 0 Å². The first-order valence-electron chi connectivity index (χ1n) is 7.03. The Bertz CT molecular complexity index is 345. The monoisotopic (exact) mass is 286 g/mol. The summed E-state index contributed by atoms with van der Waals surface area (Å²) in [5.74, 6) is 1.52. The molecule has 4 heteroatoms. The molecule has 1 fully saturated rings. The number of hydrogen-bond donors (Lipinski definition) is 0. The third-order valence-electron chi connectivity index (χ3n) is 3.89. The van der Waals surface area contributed by atoms with E-state index in [-0.39, 0.29) is 0 Å². The maximum Gasteiger partial charge on any atom is 0.0929 e. The van der Waals surface area contributed by atoms with Crippen LogP contribution in [-0.4, -0.2) is 29.5 Å². The summed E-state index contributed by atoms with van der Waals surface area (Å²) in [5, 5.41) is 3.32. The molecule has 0 saturated carbocycles. The SMILES string of the molecule is CCC1CCN(CCCc2nc(CCl)cs2)CC1. The highest BCUT2D eigenvalue weighted by Crippen LogP contribution is 2.20. The molecule has 0 amide bonds. The van der Waals surface area contributed by atoms with Gasteiger partial charge in [-0.25, -0.2) is 4.98 Å². The molecule has 1 saturated heterocycles. The second-order valence-corrected chi connectivity index (χ2v) is 6.37. The van der Waals surface area contributed by atoms with Crippen molar-refractivity contribution >= 4 is 22.9 Å². The molecule has 1 aromatic rings. The quantitative estimate of drug-likeness (QED) is 0.737. The Morgan fingerprint density at radius 2 is 2.22 bits per heavy atom. The lowest BCUT2D eigenvalue weighted by atomic mass is 9.94. The highest BCUT2D eigenvalue weighted by atomic mass is 35.5. The molecule has 0 spiro atoms. The van der Waals surface area contributed by atoms with Crippen LogP contribution in [0.2, 0.25) is 0 Å². The van der Waals surface area contributed by atoms with Gasteiger partial charge >= 0.3 is 0 Å². The zero-order valence-electron chi connectivity index (χ0n) is 11.2. The number of thiazole rings is 1. The summed E-state index contributed by atoms with van der Waals surface area (Å²) in [6.07, 6.45) is 6.48. The molecule has 1 aliphatic rings. The molecule has 0 unspecified atom stereocenters. The molecule has 102 valence electrons. The lowest BCUT2D eigenvalue weighted by Crippen LogP contribution is -2.34. The van der Waals surface area contributed by atoms with Crippen LogP contribution in [0, 0.1) is 5.92 Å². The third-order valence-corrected chi connectivity index (χ3v) is 5.12. The highest BCUT2D eigenvalue weighted by Gasteiger charge is 2.17. The second kappa shape index (κ2) is 7.46. The number of nitrogens with zero attached hydrogens (tertiary/aromatic N) is 2. The first kappa shape index (κ1) is 14.3. The summed E-state index contributed by atoms with van der Waals surface area (Å²) >= 11 is 7.51. The molecule has 0 aromatic carbocycles. The van der Waals surface area contributed by atoms with Crippen molar-refractivity contribution in [3.05, 3.63) is 16.1 Å². The summed E-state index contributed by atoms with van der Waals surface area (Å²) in [7, 11) is 0. The number of rotatable bonds is 6. The van der Waals surface area contributed by atoms with E-state index in [1.54, 1.807) is 11.3 Å². The molecule has 1 aliphatic heterocycles. The van der Waals surface area contributed by atoms with Crippen LogP contribution in [0.3, 0.4) is 0 Å². The number of aryl methyl sites for hydroxylation is 1. The molecule has 2 rings (SSSR count). The van der Waals surface area contributed by atoms with Crippen LogP contribution in [-0.2, 0) is 12.3 Å². The van der Waals surface area contributed by atoms with E-state index in [0.717, 1.165) is 18.0 Å². The maximum absolute atomic E-state index is 5.76. The molecule has 0 aliphatic carbocycles. The molecule has 0 bridgehead atoms. The Hall–Kier alpha value is -0.120. The van der Waals surface area contributed by atoms with Crippen LogP contribution in [0.4, 0.5) is 0 Å². The van der Waals surface area contributed by atoms with Crippen molar-refractivity contribution in [3.63, 3.8) is 0 Å². The highest BCUT2D eigenvalue weighted by molar-refractivity contribution is 7.09. The molecule has 2 heterocycles. The van der Waals surface area contributed by atoms with Gasteiger partial charge in [-0.1, -0.05) is 13.3 Å². The Labute approximate surface area is 119 Å². The van der Waals surface area contributed by atoms with Gasteiger partial charge in [0.15, 0.2) is 0 Å². The lowest BCUT2D eigenvalue weighted by Gasteiger charge is -2.31. The van der Waals surface area contributed by atoms with Crippen LogP contribution in [0.1, 0.15) is 43.3 Å². The van der Waals surface area contributed by atoms with Crippen LogP contribution < -0.4 is 0 Å². The van der Waals surface area contributed by atoms with Crippen molar-refractivity contribution in [1.82, 2.24) is 9.88 Å². The number of aromatic nitrogens is 1. The summed E-state index contributed by atoms with van der Waals surface area (Å²) in [4.78, 5) is 7.12. The van der Waals surface area contributed by atoms with E-state index in [2.05, 4.69) is 22.2 Å². The zero-order chi connectivity index (χ0) is 12.8. The second-order valence-electron chi connectivity index (χ2n) is 5.16. The molecule has 18 heavy (non-hydrogen) atoms. The third kappa shape index (κ3) is 4.22. The van der Waals surface area contributed by atoms with Crippen LogP contribution in [0.15, 0.2) is 5.38 Å². The van der Waals surface area contributed by atoms with E-state index in [1.807, 2.05) is 0 Å². The average Bonchev–Trinajstić information content (AvgIpc) is 2.87. The first-order chi connectivity index (χ1) is 8.81. The Balaban J connectivity index is 1.63. The fraction of sp³-hybridized carbons (Fsp3) is 0.786. The minimum Gasteiger partial charge on any atom is -0.303 e. The fourth-order valence-corrected chi connectivity index (χ4v) is 3.67. The largest absolute Gasteiger partial charge is 0.303 e. The molecular formula is C14H23ClN2S. The van der Waals surface area contributed by atoms with Gasteiger partial charge in [-0.2, -0.15) is 0 Å². The summed E-state index contributed by atoms with van der Waals surface area (Å²) in [6, 6.07) is 0. The van der Waals surface area contributed by atoms with Gasteiger partial charge in [0, 0.05) is 11.8 Å². The zero-order valence-corrected chi connectivity index (χ0v) is 12.8. The minimum atomic E-state index is 0.543. The standard InChI is InChI=1S/C14H23ClN2S/c1-2-12-5-8-17(9-6-12)7-3-4-14-16-13(10-15)11-18-14/h11-12H,2-10H2,1H3. The van der Waals surface area contributed by atoms with E-state index in [4.69, 9.17) is 11.6 Å². The molecule has 0 radical (unpaired) electrons. The van der Waals surface area contributed by atoms with Crippen molar-refractivity contribution in [3.8, 4) is 0 Å². The van der Waals surface area contributed by atoms with Gasteiger partial charge in [-0.3, -0.25) is 0 Å². The van der Waals surface area contributed by atoms with Gasteiger partial charge in [0.2, 0.25) is 0 Å². The fourth-order valence-electron chi connectivity index (χ4n) is 2.60. The summed E-state index contributed by atoms with van der Waals surface area (Å²) < 4.78 is 0. The Kier molecular flexibility index (Phi) is 5.93. The number of hydrogen-bond acceptors (Lipinski definition) is 3. The van der Waals surface area contributed by atoms with Gasteiger partial charge in [0.05, 0.1) is 16.6 Å². The molecular weight excluding hydrogens is 264 g/mol. The molecule has 1 aromatic heterocycles. The first-order valence-corrected chi connectivity index (χ1v) is 8.44. The van der Waals surface area contributed by atoms with Crippen molar-refractivity contribution in [2.75, 3.05) is 19.6 Å². The number of halogens is 1. The van der Waals surface area contributed by atoms with Crippen molar-refractivity contribution in [1.29, 1.82) is 0 Å². The minimum absolute atomic E-state index is 0.543. The molecule has 0 N–H and O–H groups in total. The number of piperidine rings is 1. The van der Waals surface area contributed by atoms with Crippen LogP contribution in [0.5, 0.6) is 0 Å². The van der Waals surface area contributed by atoms with Gasteiger partial charge in [0.1, 0.15) is 0 Å². The Morgan fingerprint density at radius 1 is 1.44 bits per heavy atom. The van der Waals surface area contributed by atoms with Gasteiger partial charge < -0.3 is 4.90 Å². The topological polar surface area (TPSA) is 16.1 Å². The smallest absolute Gasteiger partial charge is 0.0929 e. The van der Waals surface area contributed by atoms with Crippen LogP contribution in [0.25, 0.3) is 0 Å². The number of likely N-dealkylation sites (tertiary alicyclic amines) is 1. The predicted octanol–water partition coefficient (Wildman–Crippen LogP) is 3.94. The van der Waals surface area contributed by atoms with Crippen molar-refractivity contribution in [2.24, 2.45) is 5.92 Å². The van der Waals surface area contributed by atoms with Gasteiger partial charge in [0.25, 0.3) is 0 Å². The maximum atomic E-state index is 5.76.